The first-order valence-corrected chi connectivity index (χ1v) is 6.59. The Hall–Kier alpha value is -2.29. The number of rotatable bonds is 2. The maximum atomic E-state index is 11.5. The van der Waals surface area contributed by atoms with Gasteiger partial charge < -0.3 is 14.6 Å². The van der Waals surface area contributed by atoms with Gasteiger partial charge in [-0.05, 0) is 12.1 Å². The van der Waals surface area contributed by atoms with E-state index in [1.165, 1.54) is 0 Å². The highest BCUT2D eigenvalue weighted by Crippen LogP contribution is 2.51. The van der Waals surface area contributed by atoms with Crippen molar-refractivity contribution in [3.05, 3.63) is 53.6 Å². The van der Waals surface area contributed by atoms with Crippen LogP contribution in [0.5, 0.6) is 17.2 Å². The van der Waals surface area contributed by atoms with E-state index in [1.54, 1.807) is 12.1 Å². The number of carbonyl (C=O) groups excluding carboxylic acids is 1. The minimum absolute atomic E-state index is 0.0828. The Kier molecular flexibility index (Phi) is 2.78. The zero-order chi connectivity index (χ0) is 14.3. The molecule has 1 unspecified atom stereocenters. The summed E-state index contributed by atoms with van der Waals surface area (Å²) in [5, 5.41) is 9.63. The summed E-state index contributed by atoms with van der Waals surface area (Å²) in [6.45, 7) is 3.84. The Bertz CT molecular complexity index is 674. The van der Waals surface area contributed by atoms with Crippen LogP contribution in [0.15, 0.2) is 42.5 Å². The van der Waals surface area contributed by atoms with Crippen molar-refractivity contribution in [2.75, 3.05) is 0 Å². The second-order valence-corrected chi connectivity index (χ2v) is 5.73. The number of hydrogen-bond donors (Lipinski definition) is 1. The molecule has 0 bridgehead atoms. The lowest BCUT2D eigenvalue weighted by atomic mass is 9.71. The molecule has 1 atom stereocenters. The molecule has 0 saturated carbocycles. The van der Waals surface area contributed by atoms with Gasteiger partial charge in [-0.2, -0.15) is 0 Å². The molecule has 1 N–H and O–H groups in total. The number of aldehydes is 1. The Morgan fingerprint density at radius 3 is 2.55 bits per heavy atom. The zero-order valence-corrected chi connectivity index (χ0v) is 11.5. The number of phenols is 1. The molecule has 0 aliphatic carbocycles. The molecule has 3 heteroatoms. The maximum Gasteiger partial charge on any atom is 0.134 e. The first-order valence-electron chi connectivity index (χ1n) is 6.59. The van der Waals surface area contributed by atoms with E-state index < -0.39 is 5.41 Å². The van der Waals surface area contributed by atoms with Gasteiger partial charge in [0.2, 0.25) is 0 Å². The predicted molar refractivity (Wildman–Crippen MR) is 76.3 cm³/mol. The van der Waals surface area contributed by atoms with Crippen LogP contribution in [0.25, 0.3) is 0 Å². The van der Waals surface area contributed by atoms with Crippen LogP contribution >= 0.6 is 0 Å². The van der Waals surface area contributed by atoms with Gasteiger partial charge in [0.15, 0.2) is 0 Å². The quantitative estimate of drug-likeness (QED) is 0.841. The van der Waals surface area contributed by atoms with Crippen LogP contribution in [0.1, 0.15) is 30.9 Å². The lowest BCUT2D eigenvalue weighted by Gasteiger charge is -2.35. The van der Waals surface area contributed by atoms with Crippen LogP contribution < -0.4 is 4.74 Å². The lowest BCUT2D eigenvalue weighted by Crippen LogP contribution is -2.27. The van der Waals surface area contributed by atoms with Crippen molar-refractivity contribution in [3.63, 3.8) is 0 Å². The van der Waals surface area contributed by atoms with Gasteiger partial charge in [0.1, 0.15) is 23.5 Å². The van der Waals surface area contributed by atoms with Crippen molar-refractivity contribution in [1.82, 2.24) is 0 Å². The van der Waals surface area contributed by atoms with Crippen molar-refractivity contribution in [2.45, 2.75) is 19.8 Å². The second kappa shape index (κ2) is 4.37. The molecule has 3 rings (SSSR count). The molecule has 2 aromatic rings. The average molecular weight is 268 g/mol. The van der Waals surface area contributed by atoms with Gasteiger partial charge in [0, 0.05) is 28.5 Å². The molecule has 1 heterocycles. The molecule has 1 aliphatic rings. The Labute approximate surface area is 117 Å². The number of benzene rings is 2. The zero-order valence-electron chi connectivity index (χ0n) is 11.5. The molecule has 0 aromatic heterocycles. The maximum absolute atomic E-state index is 11.5. The Morgan fingerprint density at radius 1 is 1.10 bits per heavy atom. The van der Waals surface area contributed by atoms with E-state index in [-0.39, 0.29) is 11.7 Å². The molecule has 20 heavy (non-hydrogen) atoms. The van der Waals surface area contributed by atoms with Gasteiger partial charge in [-0.25, -0.2) is 0 Å². The SMILES string of the molecule is CC(C)(C=O)C1c2ccccc2Oc2cc(O)ccc21. The van der Waals surface area contributed by atoms with E-state index >= 15 is 0 Å². The summed E-state index contributed by atoms with van der Waals surface area (Å²) < 4.78 is 5.85. The van der Waals surface area contributed by atoms with Crippen LogP contribution in [0.3, 0.4) is 0 Å². The Morgan fingerprint density at radius 2 is 1.80 bits per heavy atom. The van der Waals surface area contributed by atoms with Crippen molar-refractivity contribution >= 4 is 6.29 Å². The van der Waals surface area contributed by atoms with Crippen LogP contribution in [0, 0.1) is 5.41 Å². The standard InChI is InChI=1S/C17H16O3/c1-17(2,10-18)16-12-5-3-4-6-14(12)20-15-9-11(19)7-8-13(15)16/h3-10,16,19H,1-2H3. The fourth-order valence-electron chi connectivity index (χ4n) is 2.82. The monoisotopic (exact) mass is 268 g/mol. The smallest absolute Gasteiger partial charge is 0.134 e. The van der Waals surface area contributed by atoms with Gasteiger partial charge in [-0.1, -0.05) is 38.1 Å². The third kappa shape index (κ3) is 1.86. The van der Waals surface area contributed by atoms with Crippen LogP contribution in [-0.2, 0) is 4.79 Å². The molecule has 0 saturated heterocycles. The minimum atomic E-state index is -0.550. The van der Waals surface area contributed by atoms with Crippen molar-refractivity contribution < 1.29 is 14.6 Å². The topological polar surface area (TPSA) is 46.5 Å². The molecule has 102 valence electrons. The van der Waals surface area contributed by atoms with Crippen LogP contribution in [0.4, 0.5) is 0 Å². The van der Waals surface area contributed by atoms with E-state index in [2.05, 4.69) is 0 Å². The summed E-state index contributed by atoms with van der Waals surface area (Å²) in [4.78, 5) is 11.5. The van der Waals surface area contributed by atoms with Gasteiger partial charge in [0.05, 0.1) is 0 Å². The van der Waals surface area contributed by atoms with Crippen LogP contribution in [-0.4, -0.2) is 11.4 Å². The van der Waals surface area contributed by atoms with Gasteiger partial charge in [-0.3, -0.25) is 0 Å². The summed E-state index contributed by atoms with van der Waals surface area (Å²) in [5.74, 6) is 1.43. The van der Waals surface area contributed by atoms with E-state index in [9.17, 15) is 9.90 Å². The number of fused-ring (bicyclic) bond motifs is 2. The van der Waals surface area contributed by atoms with Crippen molar-refractivity contribution in [1.29, 1.82) is 0 Å². The summed E-state index contributed by atoms with van der Waals surface area (Å²) in [6, 6.07) is 12.8. The molecule has 0 amide bonds. The summed E-state index contributed by atoms with van der Waals surface area (Å²) in [6.07, 6.45) is 0.983. The van der Waals surface area contributed by atoms with E-state index in [0.29, 0.717) is 5.75 Å². The van der Waals surface area contributed by atoms with Crippen molar-refractivity contribution in [3.8, 4) is 17.2 Å². The number of carbonyl (C=O) groups is 1. The summed E-state index contributed by atoms with van der Waals surface area (Å²) >= 11 is 0. The molecular weight excluding hydrogens is 252 g/mol. The highest BCUT2D eigenvalue weighted by molar-refractivity contribution is 5.67. The third-order valence-electron chi connectivity index (χ3n) is 3.81. The number of aromatic hydroxyl groups is 1. The van der Waals surface area contributed by atoms with Gasteiger partial charge in [0.25, 0.3) is 0 Å². The first kappa shape index (κ1) is 12.7. The molecule has 1 aliphatic heterocycles. The highest BCUT2D eigenvalue weighted by atomic mass is 16.5. The normalized spacial score (nSPS) is 16.8. The van der Waals surface area contributed by atoms with Crippen molar-refractivity contribution in [2.24, 2.45) is 5.41 Å². The molecule has 0 radical (unpaired) electrons. The van der Waals surface area contributed by atoms with E-state index in [0.717, 1.165) is 23.2 Å². The minimum Gasteiger partial charge on any atom is -0.508 e. The number of para-hydroxylation sites is 1. The van der Waals surface area contributed by atoms with E-state index in [4.69, 9.17) is 4.74 Å². The lowest BCUT2D eigenvalue weighted by molar-refractivity contribution is -0.115. The van der Waals surface area contributed by atoms with E-state index in [1.807, 2.05) is 44.2 Å². The average Bonchev–Trinajstić information content (AvgIpc) is 2.44. The number of phenolic OH excluding ortho intramolecular Hbond substituents is 1. The highest BCUT2D eigenvalue weighted by Gasteiger charge is 2.38. The van der Waals surface area contributed by atoms with Crippen LogP contribution in [0.2, 0.25) is 0 Å². The van der Waals surface area contributed by atoms with Gasteiger partial charge in [-0.15, -0.1) is 0 Å². The molecule has 2 aromatic carbocycles. The second-order valence-electron chi connectivity index (χ2n) is 5.73. The molecule has 0 spiro atoms. The number of hydrogen-bond acceptors (Lipinski definition) is 3. The molecular formula is C17H16O3. The predicted octanol–water partition coefficient (Wildman–Crippen LogP) is 3.85. The fraction of sp³-hybridized carbons (Fsp3) is 0.235. The largest absolute Gasteiger partial charge is 0.508 e. The Balaban J connectivity index is 2.25. The number of ether oxygens (including phenoxy) is 1. The van der Waals surface area contributed by atoms with Gasteiger partial charge >= 0.3 is 0 Å². The molecule has 0 fully saturated rings. The third-order valence-corrected chi connectivity index (χ3v) is 3.81. The first-order chi connectivity index (χ1) is 9.53. The summed E-state index contributed by atoms with van der Waals surface area (Å²) in [7, 11) is 0. The molecule has 3 nitrogen and oxygen atoms in total. The summed E-state index contributed by atoms with van der Waals surface area (Å²) in [5.41, 5.74) is 1.38. The fourth-order valence-corrected chi connectivity index (χ4v) is 2.82.